The van der Waals surface area contributed by atoms with Gasteiger partial charge in [-0.25, -0.2) is 4.39 Å². The van der Waals surface area contributed by atoms with Crippen molar-refractivity contribution < 1.29 is 9.18 Å². The maximum Gasteiger partial charge on any atom is 0.161 e. The minimum atomic E-state index is -0.507. The predicted octanol–water partition coefficient (Wildman–Crippen LogP) is 6.07. The molecule has 2 aliphatic rings. The summed E-state index contributed by atoms with van der Waals surface area (Å²) in [6, 6.07) is 8.92. The van der Waals surface area contributed by atoms with Crippen LogP contribution in [0, 0.1) is 17.1 Å². The third-order valence-electron chi connectivity index (χ3n) is 5.31. The first-order chi connectivity index (χ1) is 14.5. The minimum absolute atomic E-state index is 0.00247. The fourth-order valence-corrected chi connectivity index (χ4v) is 6.50. The zero-order chi connectivity index (χ0) is 21.4. The molecular weight excluding hydrogens is 485 g/mol. The highest BCUT2D eigenvalue weighted by Crippen LogP contribution is 2.49. The minimum Gasteiger partial charge on any atom is -0.384 e. The molecule has 1 aliphatic heterocycles. The van der Waals surface area contributed by atoms with Crippen molar-refractivity contribution in [2.45, 2.75) is 36.3 Å². The van der Waals surface area contributed by atoms with E-state index >= 15 is 0 Å². The van der Waals surface area contributed by atoms with Crippen LogP contribution in [0.15, 0.2) is 61.0 Å². The lowest BCUT2D eigenvalue weighted by atomic mass is 9.76. The van der Waals surface area contributed by atoms with Crippen LogP contribution in [0.4, 0.5) is 10.1 Å². The van der Waals surface area contributed by atoms with Crippen LogP contribution in [0.25, 0.3) is 0 Å². The number of hydrogen-bond donors (Lipinski definition) is 1. The fraction of sp³-hybridized carbons (Fsp3) is 0.273. The van der Waals surface area contributed by atoms with Crippen molar-refractivity contribution in [3.05, 3.63) is 68.2 Å². The maximum absolute atomic E-state index is 14.9. The molecule has 154 valence electrons. The summed E-state index contributed by atoms with van der Waals surface area (Å²) >= 11 is 6.57. The number of benzene rings is 1. The van der Waals surface area contributed by atoms with Crippen molar-refractivity contribution in [3.8, 4) is 6.07 Å². The molecule has 0 radical (unpaired) electrons. The lowest BCUT2D eigenvalue weighted by Gasteiger charge is -2.39. The van der Waals surface area contributed by atoms with Gasteiger partial charge >= 0.3 is 0 Å². The number of halogens is 2. The van der Waals surface area contributed by atoms with Crippen LogP contribution in [0.2, 0.25) is 0 Å². The molecule has 8 heteroatoms. The molecule has 2 aromatic rings. The quantitative estimate of drug-likeness (QED) is 0.512. The molecule has 0 fully saturated rings. The fourth-order valence-electron chi connectivity index (χ4n) is 4.10. The van der Waals surface area contributed by atoms with Crippen molar-refractivity contribution in [2.75, 3.05) is 10.7 Å². The van der Waals surface area contributed by atoms with E-state index < -0.39 is 11.7 Å². The molecule has 0 saturated heterocycles. The Morgan fingerprint density at radius 1 is 1.40 bits per heavy atom. The second-order valence-corrected chi connectivity index (χ2v) is 10.4. The number of thiophene rings is 1. The molecule has 0 amide bonds. The highest BCUT2D eigenvalue weighted by atomic mass is 79.9. The summed E-state index contributed by atoms with van der Waals surface area (Å²) in [4.78, 5) is 14.7. The van der Waals surface area contributed by atoms with Gasteiger partial charge in [0.2, 0.25) is 0 Å². The van der Waals surface area contributed by atoms with E-state index in [0.29, 0.717) is 40.6 Å². The summed E-state index contributed by atoms with van der Waals surface area (Å²) in [5.41, 5.74) is 9.25. The molecule has 4 rings (SSSR count). The molecule has 0 bridgehead atoms. The van der Waals surface area contributed by atoms with Crippen LogP contribution < -0.4 is 10.6 Å². The highest BCUT2D eigenvalue weighted by molar-refractivity contribution is 9.10. The third kappa shape index (κ3) is 3.49. The maximum atomic E-state index is 14.9. The molecule has 1 aliphatic carbocycles. The lowest BCUT2D eigenvalue weighted by Crippen LogP contribution is -2.39. The number of carbonyl (C=O) groups excluding carboxylic acids is 1. The molecule has 1 aromatic heterocycles. The van der Waals surface area contributed by atoms with Crippen LogP contribution in [0.5, 0.6) is 0 Å². The number of allylic oxidation sites excluding steroid dienone is 3. The Balaban J connectivity index is 1.97. The normalized spacial score (nSPS) is 19.2. The molecule has 0 spiro atoms. The number of ketones is 1. The Kier molecular flexibility index (Phi) is 6.05. The Labute approximate surface area is 191 Å². The average Bonchev–Trinajstić information content (AvgIpc) is 3.16. The number of nitrogens with two attached hydrogens (primary N) is 1. The number of nitriles is 1. The predicted molar refractivity (Wildman–Crippen MR) is 123 cm³/mol. The summed E-state index contributed by atoms with van der Waals surface area (Å²) < 4.78 is 16.6. The number of carbonyl (C=O) groups is 1. The second kappa shape index (κ2) is 8.58. The van der Waals surface area contributed by atoms with Gasteiger partial charge in [0.1, 0.15) is 11.6 Å². The number of rotatable bonds is 4. The van der Waals surface area contributed by atoms with Gasteiger partial charge < -0.3 is 5.73 Å². The molecule has 2 heterocycles. The zero-order valence-corrected chi connectivity index (χ0v) is 19.5. The first-order valence-corrected chi connectivity index (χ1v) is 12.2. The Hall–Kier alpha value is -2.08. The van der Waals surface area contributed by atoms with Crippen LogP contribution >= 0.6 is 39.0 Å². The molecule has 0 unspecified atom stereocenters. The van der Waals surface area contributed by atoms with E-state index in [-0.39, 0.29) is 17.3 Å². The van der Waals surface area contributed by atoms with Crippen molar-refractivity contribution in [1.29, 1.82) is 5.26 Å². The van der Waals surface area contributed by atoms with Crippen molar-refractivity contribution in [1.82, 2.24) is 0 Å². The topological polar surface area (TPSA) is 70.1 Å². The van der Waals surface area contributed by atoms with Crippen LogP contribution in [0.1, 0.15) is 37.7 Å². The van der Waals surface area contributed by atoms with Gasteiger partial charge in [-0.2, -0.15) is 5.26 Å². The smallest absolute Gasteiger partial charge is 0.161 e. The molecular formula is C22H19BrFN3OS2. The van der Waals surface area contributed by atoms with Gasteiger partial charge in [-0.3, -0.25) is 9.69 Å². The average molecular weight is 504 g/mol. The van der Waals surface area contributed by atoms with Crippen LogP contribution in [0.3, 0.4) is 0 Å². The molecule has 0 saturated carbocycles. The van der Waals surface area contributed by atoms with Gasteiger partial charge in [0.05, 0.1) is 27.5 Å². The monoisotopic (exact) mass is 503 g/mol. The van der Waals surface area contributed by atoms with Gasteiger partial charge in [0.15, 0.2) is 5.78 Å². The van der Waals surface area contributed by atoms with E-state index in [1.54, 1.807) is 40.1 Å². The third-order valence-corrected chi connectivity index (χ3v) is 7.95. The first kappa shape index (κ1) is 21.2. The molecule has 2 N–H and O–H groups in total. The highest BCUT2D eigenvalue weighted by Gasteiger charge is 2.41. The van der Waals surface area contributed by atoms with E-state index in [9.17, 15) is 14.4 Å². The Morgan fingerprint density at radius 3 is 2.90 bits per heavy atom. The molecule has 30 heavy (non-hydrogen) atoms. The summed E-state index contributed by atoms with van der Waals surface area (Å²) in [5, 5.41) is 12.0. The van der Waals surface area contributed by atoms with Gasteiger partial charge in [0, 0.05) is 22.2 Å². The summed E-state index contributed by atoms with van der Waals surface area (Å²) in [6.07, 6.45) is 1.70. The van der Waals surface area contributed by atoms with Gasteiger partial charge in [-0.1, -0.05) is 22.9 Å². The molecule has 1 aromatic carbocycles. The second-order valence-electron chi connectivity index (χ2n) is 7.01. The van der Waals surface area contributed by atoms with Crippen molar-refractivity contribution >= 4 is 50.5 Å². The Morgan fingerprint density at radius 2 is 2.20 bits per heavy atom. The van der Waals surface area contributed by atoms with Crippen molar-refractivity contribution in [2.24, 2.45) is 5.73 Å². The zero-order valence-electron chi connectivity index (χ0n) is 16.2. The number of thioether (sulfide) groups is 1. The van der Waals surface area contributed by atoms with Crippen LogP contribution in [-0.2, 0) is 4.79 Å². The van der Waals surface area contributed by atoms with E-state index in [0.717, 1.165) is 15.5 Å². The molecule has 1 atom stereocenters. The standard InChI is InChI=1S/C22H19BrFN3OS2/c1-2-29-22-13(8-9-30-22)19-14(11-25)21(26)27(16-7-6-12(23)10-15(16)24)17-4-3-5-18(28)20(17)19/h6-10,19H,2-5,26H2,1H3/t19-/m0/s1. The molecule has 4 nitrogen and oxygen atoms in total. The van der Waals surface area contributed by atoms with E-state index in [1.165, 1.54) is 6.07 Å². The number of nitrogens with zero attached hydrogens (tertiary/aromatic N) is 2. The number of Topliss-reactive ketones (excluding diaryl/α,β-unsaturated/α-hetero) is 1. The number of anilines is 1. The van der Waals surface area contributed by atoms with Crippen molar-refractivity contribution in [3.63, 3.8) is 0 Å². The van der Waals surface area contributed by atoms with Crippen LogP contribution in [-0.4, -0.2) is 11.5 Å². The van der Waals surface area contributed by atoms with Gasteiger partial charge in [0.25, 0.3) is 0 Å². The van der Waals surface area contributed by atoms with E-state index in [1.807, 2.05) is 11.4 Å². The van der Waals surface area contributed by atoms with E-state index in [2.05, 4.69) is 28.9 Å². The largest absolute Gasteiger partial charge is 0.384 e. The Bertz CT molecular complexity index is 1130. The van der Waals surface area contributed by atoms with Gasteiger partial charge in [-0.05, 0) is 53.8 Å². The summed E-state index contributed by atoms with van der Waals surface area (Å²) in [7, 11) is 0. The first-order valence-electron chi connectivity index (χ1n) is 9.59. The summed E-state index contributed by atoms with van der Waals surface area (Å²) in [6.45, 7) is 2.07. The summed E-state index contributed by atoms with van der Waals surface area (Å²) in [5.74, 6) is 0.106. The number of hydrogen-bond acceptors (Lipinski definition) is 6. The van der Waals surface area contributed by atoms with Gasteiger partial charge in [-0.15, -0.1) is 23.1 Å². The SMILES string of the molecule is CCSc1sccc1[C@H]1C(C#N)=C(N)N(c2ccc(Br)cc2F)C2=C1C(=O)CCC2. The lowest BCUT2D eigenvalue weighted by molar-refractivity contribution is -0.116. The van der Waals surface area contributed by atoms with E-state index in [4.69, 9.17) is 5.73 Å².